The van der Waals surface area contributed by atoms with Crippen LogP contribution in [0.3, 0.4) is 0 Å². The predicted octanol–water partition coefficient (Wildman–Crippen LogP) is 3.27. The van der Waals surface area contributed by atoms with Crippen molar-refractivity contribution in [3.63, 3.8) is 0 Å². The molecule has 2 amide bonds. The number of aromatic nitrogens is 1. The van der Waals surface area contributed by atoms with Crippen LogP contribution >= 0.6 is 0 Å². The Hall–Kier alpha value is -2.70. The SMILES string of the molecule is CCOc1ccc([C@@H](C)NC(=O)Nc2cc(C)on2)cc1OC. The van der Waals surface area contributed by atoms with Crippen molar-refractivity contribution in [2.45, 2.75) is 26.8 Å². The van der Waals surface area contributed by atoms with Gasteiger partial charge in [0.2, 0.25) is 0 Å². The minimum absolute atomic E-state index is 0.215. The Morgan fingerprint density at radius 3 is 2.74 bits per heavy atom. The van der Waals surface area contributed by atoms with Gasteiger partial charge in [-0.25, -0.2) is 4.79 Å². The minimum Gasteiger partial charge on any atom is -0.493 e. The summed E-state index contributed by atoms with van der Waals surface area (Å²) in [7, 11) is 1.58. The summed E-state index contributed by atoms with van der Waals surface area (Å²) in [6.07, 6.45) is 0. The molecule has 0 fully saturated rings. The van der Waals surface area contributed by atoms with Crippen molar-refractivity contribution in [3.8, 4) is 11.5 Å². The first-order valence-electron chi connectivity index (χ1n) is 7.35. The zero-order chi connectivity index (χ0) is 16.8. The molecule has 0 saturated carbocycles. The number of nitrogens with one attached hydrogen (secondary N) is 2. The van der Waals surface area contributed by atoms with E-state index in [-0.39, 0.29) is 12.1 Å². The lowest BCUT2D eigenvalue weighted by atomic mass is 10.1. The van der Waals surface area contributed by atoms with Gasteiger partial charge >= 0.3 is 6.03 Å². The number of amides is 2. The molecule has 0 spiro atoms. The number of carbonyl (C=O) groups excluding carboxylic acids is 1. The van der Waals surface area contributed by atoms with E-state index in [9.17, 15) is 4.79 Å². The van der Waals surface area contributed by atoms with Crippen LogP contribution in [0.25, 0.3) is 0 Å². The molecule has 0 bridgehead atoms. The van der Waals surface area contributed by atoms with E-state index in [1.54, 1.807) is 20.1 Å². The fraction of sp³-hybridized carbons (Fsp3) is 0.375. The molecule has 1 heterocycles. The number of aryl methyl sites for hydroxylation is 1. The van der Waals surface area contributed by atoms with Crippen molar-refractivity contribution in [3.05, 3.63) is 35.6 Å². The Balaban J connectivity index is 2.02. The monoisotopic (exact) mass is 319 g/mol. The largest absolute Gasteiger partial charge is 0.493 e. The van der Waals surface area contributed by atoms with E-state index in [0.717, 1.165) is 5.56 Å². The molecule has 0 aliphatic heterocycles. The maximum absolute atomic E-state index is 12.0. The van der Waals surface area contributed by atoms with E-state index >= 15 is 0 Å². The number of anilines is 1. The summed E-state index contributed by atoms with van der Waals surface area (Å²) in [4.78, 5) is 12.0. The second-order valence-electron chi connectivity index (χ2n) is 4.99. The van der Waals surface area contributed by atoms with Crippen molar-refractivity contribution >= 4 is 11.8 Å². The third kappa shape index (κ3) is 4.38. The van der Waals surface area contributed by atoms with Crippen LogP contribution in [0.2, 0.25) is 0 Å². The molecule has 1 aromatic heterocycles. The summed E-state index contributed by atoms with van der Waals surface area (Å²) < 4.78 is 15.7. The number of methoxy groups -OCH3 is 1. The highest BCUT2D eigenvalue weighted by Crippen LogP contribution is 2.30. The fourth-order valence-electron chi connectivity index (χ4n) is 2.09. The second kappa shape index (κ2) is 7.53. The molecule has 7 heteroatoms. The standard InChI is InChI=1S/C16H21N3O4/c1-5-22-13-7-6-12(9-14(13)21-4)11(3)17-16(20)18-15-8-10(2)23-19-15/h6-9,11H,5H2,1-4H3,(H2,17,18,19,20)/t11-/m1/s1. The van der Waals surface area contributed by atoms with Gasteiger partial charge in [-0.15, -0.1) is 0 Å². The van der Waals surface area contributed by atoms with Crippen LogP contribution in [0.5, 0.6) is 11.5 Å². The molecule has 1 atom stereocenters. The van der Waals surface area contributed by atoms with Crippen molar-refractivity contribution in [1.82, 2.24) is 10.5 Å². The Morgan fingerprint density at radius 2 is 2.13 bits per heavy atom. The van der Waals surface area contributed by atoms with Crippen molar-refractivity contribution in [2.75, 3.05) is 19.0 Å². The predicted molar refractivity (Wildman–Crippen MR) is 86.0 cm³/mol. The number of rotatable bonds is 6. The van der Waals surface area contributed by atoms with Crippen LogP contribution in [0, 0.1) is 6.92 Å². The summed E-state index contributed by atoms with van der Waals surface area (Å²) in [6, 6.07) is 6.62. The quantitative estimate of drug-likeness (QED) is 0.853. The lowest BCUT2D eigenvalue weighted by Gasteiger charge is -2.17. The normalized spacial score (nSPS) is 11.7. The smallest absolute Gasteiger partial charge is 0.320 e. The molecule has 124 valence electrons. The topological polar surface area (TPSA) is 85.6 Å². The molecular formula is C16H21N3O4. The van der Waals surface area contributed by atoms with E-state index < -0.39 is 0 Å². The van der Waals surface area contributed by atoms with E-state index in [1.807, 2.05) is 32.0 Å². The molecule has 7 nitrogen and oxygen atoms in total. The zero-order valence-corrected chi connectivity index (χ0v) is 13.7. The summed E-state index contributed by atoms with van der Waals surface area (Å²) in [5.41, 5.74) is 0.900. The van der Waals surface area contributed by atoms with Gasteiger partial charge < -0.3 is 19.3 Å². The average Bonchev–Trinajstić information content (AvgIpc) is 2.92. The van der Waals surface area contributed by atoms with E-state index in [4.69, 9.17) is 14.0 Å². The second-order valence-corrected chi connectivity index (χ2v) is 4.99. The average molecular weight is 319 g/mol. The molecule has 2 N–H and O–H groups in total. The number of hydrogen-bond donors (Lipinski definition) is 2. The van der Waals surface area contributed by atoms with Gasteiger partial charge in [0.1, 0.15) is 5.76 Å². The summed E-state index contributed by atoms with van der Waals surface area (Å²) in [6.45, 7) is 6.10. The van der Waals surface area contributed by atoms with Crippen LogP contribution in [-0.2, 0) is 0 Å². The van der Waals surface area contributed by atoms with E-state index in [2.05, 4.69) is 15.8 Å². The van der Waals surface area contributed by atoms with Gasteiger partial charge in [0.15, 0.2) is 17.3 Å². The number of urea groups is 1. The highest BCUT2D eigenvalue weighted by atomic mass is 16.5. The summed E-state index contributed by atoms with van der Waals surface area (Å²) >= 11 is 0. The fourth-order valence-corrected chi connectivity index (χ4v) is 2.09. The first-order chi connectivity index (χ1) is 11.0. The molecule has 1 aromatic carbocycles. The molecule has 0 aliphatic carbocycles. The Morgan fingerprint density at radius 1 is 1.35 bits per heavy atom. The molecule has 0 aliphatic rings. The number of ether oxygens (including phenoxy) is 2. The highest BCUT2D eigenvalue weighted by Gasteiger charge is 2.14. The minimum atomic E-state index is -0.362. The van der Waals surface area contributed by atoms with Crippen molar-refractivity contribution in [2.24, 2.45) is 0 Å². The van der Waals surface area contributed by atoms with Gasteiger partial charge in [0.25, 0.3) is 0 Å². The van der Waals surface area contributed by atoms with Crippen LogP contribution in [0.1, 0.15) is 31.2 Å². The number of hydrogen-bond acceptors (Lipinski definition) is 5. The third-order valence-electron chi connectivity index (χ3n) is 3.20. The Labute approximate surface area is 134 Å². The first kappa shape index (κ1) is 16.7. The molecule has 2 rings (SSSR count). The van der Waals surface area contributed by atoms with Crippen LogP contribution < -0.4 is 20.1 Å². The molecule has 0 radical (unpaired) electrons. The highest BCUT2D eigenvalue weighted by molar-refractivity contribution is 5.88. The van der Waals surface area contributed by atoms with Crippen molar-refractivity contribution in [1.29, 1.82) is 0 Å². The number of nitrogens with zero attached hydrogens (tertiary/aromatic N) is 1. The van der Waals surface area contributed by atoms with Gasteiger partial charge in [0.05, 0.1) is 19.8 Å². The maximum Gasteiger partial charge on any atom is 0.320 e. The lowest BCUT2D eigenvalue weighted by Crippen LogP contribution is -2.31. The van der Waals surface area contributed by atoms with E-state index in [0.29, 0.717) is 29.7 Å². The van der Waals surface area contributed by atoms with Gasteiger partial charge in [-0.2, -0.15) is 0 Å². The van der Waals surface area contributed by atoms with Crippen LogP contribution in [0.15, 0.2) is 28.8 Å². The first-order valence-corrected chi connectivity index (χ1v) is 7.35. The Kier molecular flexibility index (Phi) is 5.46. The number of carbonyl (C=O) groups is 1. The summed E-state index contributed by atoms with van der Waals surface area (Å²) in [5, 5.41) is 9.15. The summed E-state index contributed by atoms with van der Waals surface area (Å²) in [5.74, 6) is 2.31. The third-order valence-corrected chi connectivity index (χ3v) is 3.20. The molecule has 0 saturated heterocycles. The van der Waals surface area contributed by atoms with Gasteiger partial charge in [-0.05, 0) is 38.5 Å². The van der Waals surface area contributed by atoms with Gasteiger partial charge in [-0.3, -0.25) is 5.32 Å². The zero-order valence-electron chi connectivity index (χ0n) is 13.7. The van der Waals surface area contributed by atoms with Crippen molar-refractivity contribution < 1.29 is 18.8 Å². The van der Waals surface area contributed by atoms with Crippen LogP contribution in [-0.4, -0.2) is 24.9 Å². The lowest BCUT2D eigenvalue weighted by molar-refractivity contribution is 0.249. The van der Waals surface area contributed by atoms with Crippen LogP contribution in [0.4, 0.5) is 10.6 Å². The maximum atomic E-state index is 12.0. The molecular weight excluding hydrogens is 298 g/mol. The van der Waals surface area contributed by atoms with Gasteiger partial charge in [0, 0.05) is 6.07 Å². The number of benzene rings is 1. The Bertz CT molecular complexity index is 669. The molecule has 2 aromatic rings. The molecule has 23 heavy (non-hydrogen) atoms. The van der Waals surface area contributed by atoms with E-state index in [1.165, 1.54) is 0 Å². The van der Waals surface area contributed by atoms with Gasteiger partial charge in [-0.1, -0.05) is 11.2 Å². The molecule has 0 unspecified atom stereocenters.